The quantitative estimate of drug-likeness (QED) is 0.765. The Hall–Kier alpha value is -2.10. The minimum Gasteiger partial charge on any atom is -0.350 e. The van der Waals surface area contributed by atoms with Crippen molar-refractivity contribution in [2.24, 2.45) is 0 Å². The molecule has 2 heterocycles. The molecule has 1 amide bonds. The number of nitrogens with one attached hydrogen (secondary N) is 1. The van der Waals surface area contributed by atoms with Crippen molar-refractivity contribution in [2.75, 3.05) is 0 Å². The van der Waals surface area contributed by atoms with Gasteiger partial charge in [-0.05, 0) is 6.92 Å². The van der Waals surface area contributed by atoms with Crippen LogP contribution in [0.4, 0.5) is 17.6 Å². The van der Waals surface area contributed by atoms with Crippen LogP contribution in [-0.2, 0) is 24.4 Å². The first-order valence-electron chi connectivity index (χ1n) is 6.93. The fourth-order valence-corrected chi connectivity index (χ4v) is 2.30. The summed E-state index contributed by atoms with van der Waals surface area (Å²) in [6, 6.07) is 0. The lowest BCUT2D eigenvalue weighted by molar-refractivity contribution is -0.122. The number of alkyl halides is 4. The van der Waals surface area contributed by atoms with Crippen LogP contribution >= 0.6 is 11.6 Å². The predicted molar refractivity (Wildman–Crippen MR) is 76.9 cm³/mol. The van der Waals surface area contributed by atoms with Crippen molar-refractivity contribution in [3.63, 3.8) is 0 Å². The Morgan fingerprint density at radius 2 is 2.04 bits per heavy atom. The van der Waals surface area contributed by atoms with Gasteiger partial charge in [-0.15, -0.1) is 0 Å². The number of carbonyl (C=O) groups excluding carboxylic acids is 1. The van der Waals surface area contributed by atoms with Crippen molar-refractivity contribution < 1.29 is 22.4 Å². The summed E-state index contributed by atoms with van der Waals surface area (Å²) in [6.07, 6.45) is -2.98. The maximum atomic E-state index is 13.0. The number of halogens is 5. The van der Waals surface area contributed by atoms with Crippen LogP contribution in [0.15, 0.2) is 12.4 Å². The topological polar surface area (TPSA) is 64.7 Å². The fourth-order valence-electron chi connectivity index (χ4n) is 2.00. The van der Waals surface area contributed by atoms with Crippen molar-refractivity contribution in [1.29, 1.82) is 0 Å². The molecule has 0 atom stereocenters. The molecule has 132 valence electrons. The van der Waals surface area contributed by atoms with Crippen molar-refractivity contribution in [3.05, 3.63) is 34.4 Å². The van der Waals surface area contributed by atoms with Crippen molar-refractivity contribution in [3.8, 4) is 0 Å². The highest BCUT2D eigenvalue weighted by Gasteiger charge is 2.28. The molecule has 0 fully saturated rings. The fraction of sp³-hybridized carbons (Fsp3) is 0.462. The summed E-state index contributed by atoms with van der Waals surface area (Å²) in [4.78, 5) is 11.9. The average Bonchev–Trinajstić information content (AvgIpc) is 3.09. The molecule has 0 saturated heterocycles. The summed E-state index contributed by atoms with van der Waals surface area (Å²) in [5.41, 5.74) is -1.16. The summed E-state index contributed by atoms with van der Waals surface area (Å²) in [5, 5.41) is 8.99. The minimum atomic E-state index is -3.13. The largest absolute Gasteiger partial charge is 0.350 e. The number of carbonyl (C=O) groups is 1. The second kappa shape index (κ2) is 7.65. The van der Waals surface area contributed by atoms with Gasteiger partial charge >= 0.3 is 0 Å². The summed E-state index contributed by atoms with van der Waals surface area (Å²) in [6.45, 7) is 2.03. The van der Waals surface area contributed by atoms with E-state index < -0.39 is 41.7 Å². The first-order chi connectivity index (χ1) is 11.3. The Morgan fingerprint density at radius 1 is 1.33 bits per heavy atom. The maximum absolute atomic E-state index is 13.0. The Kier molecular flexibility index (Phi) is 5.81. The molecule has 0 saturated carbocycles. The number of nitrogens with zero attached hydrogens (tertiary/aromatic N) is 4. The highest BCUT2D eigenvalue weighted by molar-refractivity contribution is 6.32. The van der Waals surface area contributed by atoms with Crippen LogP contribution in [0.25, 0.3) is 0 Å². The van der Waals surface area contributed by atoms with Gasteiger partial charge in [0.25, 0.3) is 12.9 Å². The summed E-state index contributed by atoms with van der Waals surface area (Å²) < 4.78 is 53.5. The van der Waals surface area contributed by atoms with Gasteiger partial charge in [0.1, 0.15) is 17.9 Å². The van der Waals surface area contributed by atoms with Gasteiger partial charge in [-0.2, -0.15) is 10.2 Å². The van der Waals surface area contributed by atoms with Crippen LogP contribution in [0.5, 0.6) is 0 Å². The SMILES string of the molecule is CCn1cc(CNC(=O)Cn2nc(C(F)F)c(Cl)c2C(F)F)cn1. The van der Waals surface area contributed by atoms with Crippen molar-refractivity contribution >= 4 is 17.5 Å². The zero-order valence-electron chi connectivity index (χ0n) is 12.5. The first-order valence-corrected chi connectivity index (χ1v) is 7.31. The Balaban J connectivity index is 2.06. The zero-order valence-corrected chi connectivity index (χ0v) is 13.3. The van der Waals surface area contributed by atoms with E-state index in [9.17, 15) is 22.4 Å². The smallest absolute Gasteiger partial charge is 0.283 e. The Bertz CT molecular complexity index is 715. The number of hydrogen-bond donors (Lipinski definition) is 1. The molecule has 0 aliphatic heterocycles. The first kappa shape index (κ1) is 18.2. The summed E-state index contributed by atoms with van der Waals surface area (Å²) in [5.74, 6) is -0.666. The van der Waals surface area contributed by atoms with E-state index in [0.29, 0.717) is 16.8 Å². The van der Waals surface area contributed by atoms with E-state index in [2.05, 4.69) is 15.5 Å². The van der Waals surface area contributed by atoms with Gasteiger partial charge in [0.2, 0.25) is 5.91 Å². The molecule has 0 aliphatic carbocycles. The van der Waals surface area contributed by atoms with Gasteiger partial charge in [-0.1, -0.05) is 11.6 Å². The Morgan fingerprint density at radius 3 is 2.58 bits per heavy atom. The second-order valence-electron chi connectivity index (χ2n) is 4.82. The van der Waals surface area contributed by atoms with Gasteiger partial charge in [0.15, 0.2) is 0 Å². The molecule has 0 radical (unpaired) electrons. The van der Waals surface area contributed by atoms with E-state index in [0.717, 1.165) is 0 Å². The van der Waals surface area contributed by atoms with Crippen molar-refractivity contribution in [2.45, 2.75) is 39.4 Å². The van der Waals surface area contributed by atoms with Crippen LogP contribution in [0.2, 0.25) is 5.02 Å². The molecule has 6 nitrogen and oxygen atoms in total. The molecular formula is C13H14ClF4N5O. The standard InChI is InChI=1S/C13H14ClF4N5O/c1-2-22-5-7(4-20-22)3-19-8(24)6-23-11(13(17)18)9(14)10(21-23)12(15)16/h4-5,12-13H,2-3,6H2,1H3,(H,19,24). The molecule has 0 aliphatic rings. The molecule has 0 spiro atoms. The third-order valence-electron chi connectivity index (χ3n) is 3.16. The molecule has 24 heavy (non-hydrogen) atoms. The van der Waals surface area contributed by atoms with Gasteiger partial charge in [0, 0.05) is 24.8 Å². The number of aryl methyl sites for hydroxylation is 1. The molecule has 1 N–H and O–H groups in total. The zero-order chi connectivity index (χ0) is 17.9. The lowest BCUT2D eigenvalue weighted by Gasteiger charge is -2.07. The van der Waals surface area contributed by atoms with E-state index >= 15 is 0 Å². The van der Waals surface area contributed by atoms with E-state index in [-0.39, 0.29) is 6.54 Å². The lowest BCUT2D eigenvalue weighted by Crippen LogP contribution is -2.28. The molecule has 2 rings (SSSR count). The van der Waals surface area contributed by atoms with Gasteiger partial charge in [0.05, 0.1) is 11.2 Å². The monoisotopic (exact) mass is 367 g/mol. The molecule has 11 heteroatoms. The number of aromatic nitrogens is 4. The molecule has 0 bridgehead atoms. The van der Waals surface area contributed by atoms with Crippen LogP contribution in [0, 0.1) is 0 Å². The normalized spacial score (nSPS) is 11.5. The third kappa shape index (κ3) is 4.05. The molecule has 2 aromatic rings. The third-order valence-corrected chi connectivity index (χ3v) is 3.55. The van der Waals surface area contributed by atoms with E-state index in [4.69, 9.17) is 11.6 Å². The van der Waals surface area contributed by atoms with Gasteiger partial charge < -0.3 is 5.32 Å². The number of hydrogen-bond acceptors (Lipinski definition) is 3. The molecule has 2 aromatic heterocycles. The average molecular weight is 368 g/mol. The lowest BCUT2D eigenvalue weighted by atomic mass is 10.3. The van der Waals surface area contributed by atoms with E-state index in [1.807, 2.05) is 6.92 Å². The predicted octanol–water partition coefficient (Wildman–Crippen LogP) is 2.94. The van der Waals surface area contributed by atoms with Crippen molar-refractivity contribution in [1.82, 2.24) is 24.9 Å². The second-order valence-corrected chi connectivity index (χ2v) is 5.20. The van der Waals surface area contributed by atoms with Crippen LogP contribution in [0.3, 0.4) is 0 Å². The number of amides is 1. The number of rotatable bonds is 7. The highest BCUT2D eigenvalue weighted by atomic mass is 35.5. The summed E-state index contributed by atoms with van der Waals surface area (Å²) >= 11 is 5.51. The molecular weight excluding hydrogens is 354 g/mol. The minimum absolute atomic E-state index is 0.125. The molecule has 0 aromatic carbocycles. The van der Waals surface area contributed by atoms with Gasteiger partial charge in [-0.3, -0.25) is 14.2 Å². The molecule has 0 unspecified atom stereocenters. The van der Waals surface area contributed by atoms with Crippen LogP contribution < -0.4 is 5.32 Å². The Labute approximate surface area is 139 Å². The van der Waals surface area contributed by atoms with Gasteiger partial charge in [-0.25, -0.2) is 17.6 Å². The van der Waals surface area contributed by atoms with E-state index in [1.165, 1.54) is 0 Å². The van der Waals surface area contributed by atoms with Crippen LogP contribution in [0.1, 0.15) is 36.7 Å². The maximum Gasteiger partial charge on any atom is 0.283 e. The van der Waals surface area contributed by atoms with Crippen LogP contribution in [-0.4, -0.2) is 25.5 Å². The summed E-state index contributed by atoms with van der Waals surface area (Å²) in [7, 11) is 0. The highest BCUT2D eigenvalue weighted by Crippen LogP contribution is 2.34. The van der Waals surface area contributed by atoms with E-state index in [1.54, 1.807) is 17.1 Å².